The normalized spacial score (nSPS) is 19.8. The summed E-state index contributed by atoms with van der Waals surface area (Å²) in [6.07, 6.45) is 0.830. The third kappa shape index (κ3) is 1.85. The first-order chi connectivity index (χ1) is 7.08. The maximum atomic E-state index is 9.38. The smallest absolute Gasteiger partial charge is 0.161 e. The molecule has 1 aromatic carbocycles. The van der Waals surface area contributed by atoms with E-state index in [4.69, 9.17) is 4.74 Å². The van der Waals surface area contributed by atoms with E-state index >= 15 is 0 Å². The molecule has 1 atom stereocenters. The average molecular weight is 209 g/mol. The zero-order valence-electron chi connectivity index (χ0n) is 8.90. The molecule has 2 rings (SSSR count). The highest BCUT2D eigenvalue weighted by Gasteiger charge is 2.22. The van der Waals surface area contributed by atoms with Gasteiger partial charge in [0.25, 0.3) is 0 Å². The van der Waals surface area contributed by atoms with Gasteiger partial charge in [-0.15, -0.1) is 0 Å². The summed E-state index contributed by atoms with van der Waals surface area (Å²) in [4.78, 5) is 2.09. The minimum Gasteiger partial charge on any atom is -0.504 e. The van der Waals surface area contributed by atoms with Crippen LogP contribution < -0.4 is 4.74 Å². The van der Waals surface area contributed by atoms with Crippen LogP contribution in [0.5, 0.6) is 17.2 Å². The van der Waals surface area contributed by atoms with Crippen molar-refractivity contribution in [2.45, 2.75) is 12.5 Å². The summed E-state index contributed by atoms with van der Waals surface area (Å²) in [6.45, 7) is 0.615. The van der Waals surface area contributed by atoms with E-state index in [0.29, 0.717) is 18.4 Å². The number of likely N-dealkylation sites (N-methyl/N-ethyl adjacent to an activating group) is 1. The van der Waals surface area contributed by atoms with E-state index < -0.39 is 0 Å². The van der Waals surface area contributed by atoms with Gasteiger partial charge in [0.1, 0.15) is 12.4 Å². The fraction of sp³-hybridized carbons (Fsp3) is 0.455. The average Bonchev–Trinajstić information content (AvgIpc) is 2.19. The van der Waals surface area contributed by atoms with Gasteiger partial charge in [-0.3, -0.25) is 0 Å². The zero-order chi connectivity index (χ0) is 11.0. The molecule has 4 heteroatoms. The van der Waals surface area contributed by atoms with Gasteiger partial charge in [-0.25, -0.2) is 0 Å². The first kappa shape index (κ1) is 10.1. The molecule has 1 aliphatic rings. The van der Waals surface area contributed by atoms with Crippen LogP contribution in [0.15, 0.2) is 12.1 Å². The Morgan fingerprint density at radius 2 is 1.93 bits per heavy atom. The predicted octanol–water partition coefficient (Wildman–Crippen LogP) is 0.963. The van der Waals surface area contributed by atoms with Crippen LogP contribution in [0.1, 0.15) is 5.56 Å². The van der Waals surface area contributed by atoms with E-state index in [9.17, 15) is 10.2 Å². The van der Waals surface area contributed by atoms with Gasteiger partial charge in [0.05, 0.1) is 0 Å². The third-order valence-corrected chi connectivity index (χ3v) is 2.77. The van der Waals surface area contributed by atoms with Crippen LogP contribution in [-0.2, 0) is 6.42 Å². The second-order valence-electron chi connectivity index (χ2n) is 4.08. The Morgan fingerprint density at radius 1 is 1.27 bits per heavy atom. The van der Waals surface area contributed by atoms with Crippen molar-refractivity contribution >= 4 is 0 Å². The number of phenolic OH excluding ortho intramolecular Hbond substituents is 2. The third-order valence-electron chi connectivity index (χ3n) is 2.77. The van der Waals surface area contributed by atoms with Crippen molar-refractivity contribution in [3.05, 3.63) is 17.7 Å². The second-order valence-corrected chi connectivity index (χ2v) is 4.08. The molecule has 0 amide bonds. The Balaban J connectivity index is 2.30. The van der Waals surface area contributed by atoms with E-state index in [1.807, 2.05) is 14.1 Å². The lowest BCUT2D eigenvalue weighted by Gasteiger charge is -2.30. The first-order valence-corrected chi connectivity index (χ1v) is 4.92. The van der Waals surface area contributed by atoms with Crippen molar-refractivity contribution in [3.63, 3.8) is 0 Å². The summed E-state index contributed by atoms with van der Waals surface area (Å²) in [5.41, 5.74) is 0.940. The predicted molar refractivity (Wildman–Crippen MR) is 56.4 cm³/mol. The highest BCUT2D eigenvalue weighted by atomic mass is 16.5. The van der Waals surface area contributed by atoms with E-state index in [-0.39, 0.29) is 11.5 Å². The van der Waals surface area contributed by atoms with Crippen LogP contribution in [0.3, 0.4) is 0 Å². The van der Waals surface area contributed by atoms with Crippen LogP contribution >= 0.6 is 0 Å². The summed E-state index contributed by atoms with van der Waals surface area (Å²) < 4.78 is 5.52. The highest BCUT2D eigenvalue weighted by molar-refractivity contribution is 5.50. The molecular formula is C11H15NO3. The molecule has 1 unspecified atom stereocenters. The molecule has 1 aliphatic heterocycles. The molecule has 15 heavy (non-hydrogen) atoms. The molecule has 0 fully saturated rings. The molecular weight excluding hydrogens is 194 g/mol. The number of hydrogen-bond acceptors (Lipinski definition) is 4. The van der Waals surface area contributed by atoms with Gasteiger partial charge >= 0.3 is 0 Å². The fourth-order valence-electron chi connectivity index (χ4n) is 1.73. The van der Waals surface area contributed by atoms with Crippen LogP contribution in [0.2, 0.25) is 0 Å². The molecule has 0 saturated carbocycles. The van der Waals surface area contributed by atoms with Crippen LogP contribution in [0.25, 0.3) is 0 Å². The molecule has 0 bridgehead atoms. The topological polar surface area (TPSA) is 52.9 Å². The van der Waals surface area contributed by atoms with Gasteiger partial charge in [-0.1, -0.05) is 0 Å². The Kier molecular flexibility index (Phi) is 2.44. The zero-order valence-corrected chi connectivity index (χ0v) is 8.90. The molecule has 2 N–H and O–H groups in total. The Hall–Kier alpha value is -1.42. The Bertz CT molecular complexity index is 376. The number of nitrogens with zero attached hydrogens (tertiary/aromatic N) is 1. The van der Waals surface area contributed by atoms with Crippen molar-refractivity contribution in [1.29, 1.82) is 0 Å². The maximum absolute atomic E-state index is 9.38. The lowest BCUT2D eigenvalue weighted by molar-refractivity contribution is 0.164. The van der Waals surface area contributed by atoms with Crippen LogP contribution in [0, 0.1) is 0 Å². The van der Waals surface area contributed by atoms with Crippen molar-refractivity contribution in [1.82, 2.24) is 4.90 Å². The molecule has 0 aliphatic carbocycles. The first-order valence-electron chi connectivity index (χ1n) is 4.92. The minimum absolute atomic E-state index is 0.0863. The largest absolute Gasteiger partial charge is 0.504 e. The summed E-state index contributed by atoms with van der Waals surface area (Å²) in [6, 6.07) is 3.36. The molecule has 4 nitrogen and oxygen atoms in total. The van der Waals surface area contributed by atoms with E-state index in [2.05, 4.69) is 4.90 Å². The minimum atomic E-state index is -0.128. The molecule has 1 heterocycles. The lowest BCUT2D eigenvalue weighted by Crippen LogP contribution is -2.38. The van der Waals surface area contributed by atoms with Gasteiger partial charge in [0, 0.05) is 12.1 Å². The number of hydrogen-bond donors (Lipinski definition) is 2. The molecule has 82 valence electrons. The Labute approximate surface area is 88.7 Å². The Morgan fingerprint density at radius 3 is 2.60 bits per heavy atom. The van der Waals surface area contributed by atoms with Gasteiger partial charge in [-0.2, -0.15) is 0 Å². The van der Waals surface area contributed by atoms with E-state index in [1.54, 1.807) is 6.07 Å². The number of rotatable bonds is 1. The van der Waals surface area contributed by atoms with E-state index in [1.165, 1.54) is 6.07 Å². The van der Waals surface area contributed by atoms with Crippen molar-refractivity contribution in [3.8, 4) is 17.2 Å². The van der Waals surface area contributed by atoms with Crippen molar-refractivity contribution in [2.75, 3.05) is 20.7 Å². The SMILES string of the molecule is CN(C)C1COc2cc(O)c(O)cc2C1. The number of fused-ring (bicyclic) bond motifs is 1. The summed E-state index contributed by atoms with van der Waals surface area (Å²) in [5, 5.41) is 18.7. The quantitative estimate of drug-likeness (QED) is 0.676. The number of benzene rings is 1. The van der Waals surface area contributed by atoms with Crippen LogP contribution in [-0.4, -0.2) is 41.9 Å². The van der Waals surface area contributed by atoms with E-state index in [0.717, 1.165) is 12.0 Å². The lowest BCUT2D eigenvalue weighted by atomic mass is 10.0. The summed E-state index contributed by atoms with van der Waals surface area (Å²) in [5.74, 6) is 0.456. The van der Waals surface area contributed by atoms with Crippen LogP contribution in [0.4, 0.5) is 0 Å². The summed E-state index contributed by atoms with van der Waals surface area (Å²) >= 11 is 0. The standard InChI is InChI=1S/C11H15NO3/c1-12(2)8-3-7-4-9(13)10(14)5-11(7)15-6-8/h4-5,8,13-14H,3,6H2,1-2H3. The van der Waals surface area contributed by atoms with Gasteiger partial charge in [0.15, 0.2) is 11.5 Å². The summed E-state index contributed by atoms with van der Waals surface area (Å²) in [7, 11) is 4.00. The fourth-order valence-corrected chi connectivity index (χ4v) is 1.73. The van der Waals surface area contributed by atoms with Gasteiger partial charge in [0.2, 0.25) is 0 Å². The second kappa shape index (κ2) is 3.62. The molecule has 0 radical (unpaired) electrons. The molecule has 0 aromatic heterocycles. The monoisotopic (exact) mass is 209 g/mol. The molecule has 1 aromatic rings. The number of ether oxygens (including phenoxy) is 1. The van der Waals surface area contributed by atoms with Gasteiger partial charge in [-0.05, 0) is 32.1 Å². The molecule has 0 saturated heterocycles. The van der Waals surface area contributed by atoms with Crippen molar-refractivity contribution in [2.24, 2.45) is 0 Å². The molecule has 0 spiro atoms. The van der Waals surface area contributed by atoms with Gasteiger partial charge < -0.3 is 19.8 Å². The maximum Gasteiger partial charge on any atom is 0.161 e. The highest BCUT2D eigenvalue weighted by Crippen LogP contribution is 2.35. The van der Waals surface area contributed by atoms with Crippen molar-refractivity contribution < 1.29 is 14.9 Å². The number of aromatic hydroxyl groups is 2. The number of phenols is 2.